The van der Waals surface area contributed by atoms with E-state index in [0.717, 1.165) is 0 Å². The number of carboxylic acid groups (broad SMARTS) is 2. The first-order valence-corrected chi connectivity index (χ1v) is 11.7. The molecular weight excluding hydrogens is 472 g/mol. The predicted molar refractivity (Wildman–Crippen MR) is 121 cm³/mol. The summed E-state index contributed by atoms with van der Waals surface area (Å²) in [5.41, 5.74) is 6.22. The van der Waals surface area contributed by atoms with Gasteiger partial charge in [0.15, 0.2) is 0 Å². The normalized spacial score (nSPS) is 14.3. The van der Waals surface area contributed by atoms with Gasteiger partial charge in [-0.15, -0.1) is 0 Å². The standard InChI is InChI=1S/C19H30N6O8S/c1-34-5-4-11(20)16(29)23-12(2-3-15(27)28)17(30)25-14(8-26)18(31)24-13(19(32)33)6-10-7-21-9-22-10/h7,9,11-14,26H,2-6,8,20H2,1H3,(H,21,22)(H,23,29)(H,24,31)(H,25,30)(H,27,28)(H,32,33). The van der Waals surface area contributed by atoms with Crippen molar-refractivity contribution in [3.63, 3.8) is 0 Å². The van der Waals surface area contributed by atoms with Crippen LogP contribution in [-0.4, -0.2) is 97.7 Å². The molecule has 0 bridgehead atoms. The topological polar surface area (TPSA) is 237 Å². The summed E-state index contributed by atoms with van der Waals surface area (Å²) in [6.45, 7) is -0.874. The summed E-state index contributed by atoms with van der Waals surface area (Å²) >= 11 is 1.47. The van der Waals surface area contributed by atoms with E-state index >= 15 is 0 Å². The number of imidazole rings is 1. The SMILES string of the molecule is CSCCC(N)C(=O)NC(CCC(=O)O)C(=O)NC(CO)C(=O)NC(Cc1cnc[nH]1)C(=O)O. The minimum absolute atomic E-state index is 0.127. The molecule has 190 valence electrons. The number of aromatic nitrogens is 2. The van der Waals surface area contributed by atoms with E-state index in [1.54, 1.807) is 0 Å². The Hall–Kier alpha value is -3.17. The van der Waals surface area contributed by atoms with Gasteiger partial charge in [0.05, 0.1) is 19.0 Å². The maximum Gasteiger partial charge on any atom is 0.326 e. The summed E-state index contributed by atoms with van der Waals surface area (Å²) in [5.74, 6) is -4.55. The number of carboxylic acids is 2. The van der Waals surface area contributed by atoms with E-state index in [4.69, 9.17) is 10.8 Å². The summed E-state index contributed by atoms with van der Waals surface area (Å²) in [7, 11) is 0. The minimum atomic E-state index is -1.55. The van der Waals surface area contributed by atoms with Gasteiger partial charge in [0.25, 0.3) is 0 Å². The minimum Gasteiger partial charge on any atom is -0.481 e. The van der Waals surface area contributed by atoms with E-state index < -0.39 is 66.9 Å². The summed E-state index contributed by atoms with van der Waals surface area (Å²) in [4.78, 5) is 66.4. The Morgan fingerprint density at radius 3 is 2.18 bits per heavy atom. The lowest BCUT2D eigenvalue weighted by molar-refractivity contribution is -0.142. The number of hydrogen-bond donors (Lipinski definition) is 8. The van der Waals surface area contributed by atoms with Crippen LogP contribution in [0.3, 0.4) is 0 Å². The second kappa shape index (κ2) is 14.9. The second-order valence-corrected chi connectivity index (χ2v) is 8.29. The number of nitrogens with one attached hydrogen (secondary N) is 4. The van der Waals surface area contributed by atoms with Crippen molar-refractivity contribution < 1.29 is 39.3 Å². The first-order valence-electron chi connectivity index (χ1n) is 10.3. The van der Waals surface area contributed by atoms with Gasteiger partial charge in [-0.05, 0) is 24.9 Å². The second-order valence-electron chi connectivity index (χ2n) is 7.31. The van der Waals surface area contributed by atoms with E-state index in [1.807, 2.05) is 6.26 Å². The number of hydrogen-bond acceptors (Lipinski definition) is 9. The number of aliphatic hydroxyl groups excluding tert-OH is 1. The van der Waals surface area contributed by atoms with Crippen molar-refractivity contribution in [3.8, 4) is 0 Å². The Kier molecular flexibility index (Phi) is 12.6. The lowest BCUT2D eigenvalue weighted by Gasteiger charge is -2.24. The van der Waals surface area contributed by atoms with E-state index in [-0.39, 0.29) is 12.8 Å². The predicted octanol–water partition coefficient (Wildman–Crippen LogP) is -2.57. The fourth-order valence-electron chi connectivity index (χ4n) is 2.75. The number of H-pyrrole nitrogens is 1. The molecule has 0 spiro atoms. The van der Waals surface area contributed by atoms with Crippen molar-refractivity contribution in [1.29, 1.82) is 0 Å². The number of thioether (sulfide) groups is 1. The van der Waals surface area contributed by atoms with Crippen LogP contribution in [0, 0.1) is 0 Å². The molecule has 0 saturated carbocycles. The van der Waals surface area contributed by atoms with Gasteiger partial charge in [0.2, 0.25) is 17.7 Å². The highest BCUT2D eigenvalue weighted by atomic mass is 32.2. The van der Waals surface area contributed by atoms with Crippen LogP contribution in [0.15, 0.2) is 12.5 Å². The molecule has 0 radical (unpaired) electrons. The quantitative estimate of drug-likeness (QED) is 0.117. The molecule has 14 nitrogen and oxygen atoms in total. The fraction of sp³-hybridized carbons (Fsp3) is 0.579. The van der Waals surface area contributed by atoms with Gasteiger partial charge in [0.1, 0.15) is 18.1 Å². The summed E-state index contributed by atoms with van der Waals surface area (Å²) in [5, 5.41) is 34.7. The van der Waals surface area contributed by atoms with E-state index in [0.29, 0.717) is 17.9 Å². The van der Waals surface area contributed by atoms with Crippen LogP contribution < -0.4 is 21.7 Å². The third kappa shape index (κ3) is 10.2. The molecule has 3 amide bonds. The fourth-order valence-corrected chi connectivity index (χ4v) is 3.24. The van der Waals surface area contributed by atoms with Gasteiger partial charge in [-0.3, -0.25) is 19.2 Å². The molecule has 9 N–H and O–H groups in total. The molecule has 1 aromatic rings. The number of aliphatic hydroxyl groups is 1. The van der Waals surface area contributed by atoms with Gasteiger partial charge < -0.3 is 42.0 Å². The van der Waals surface area contributed by atoms with Crippen molar-refractivity contribution in [3.05, 3.63) is 18.2 Å². The molecule has 0 saturated heterocycles. The van der Waals surface area contributed by atoms with Gasteiger partial charge in [-0.25, -0.2) is 9.78 Å². The largest absolute Gasteiger partial charge is 0.481 e. The highest BCUT2D eigenvalue weighted by Gasteiger charge is 2.30. The van der Waals surface area contributed by atoms with Crippen molar-refractivity contribution in [2.24, 2.45) is 5.73 Å². The molecule has 4 unspecified atom stereocenters. The van der Waals surface area contributed by atoms with Crippen LogP contribution >= 0.6 is 11.8 Å². The van der Waals surface area contributed by atoms with Crippen LogP contribution in [0.2, 0.25) is 0 Å². The number of aliphatic carboxylic acids is 2. The zero-order valence-electron chi connectivity index (χ0n) is 18.5. The Bertz CT molecular complexity index is 837. The van der Waals surface area contributed by atoms with Crippen LogP contribution in [0.4, 0.5) is 0 Å². The van der Waals surface area contributed by atoms with E-state index in [9.17, 15) is 34.2 Å². The maximum atomic E-state index is 12.7. The number of nitrogens with two attached hydrogens (primary N) is 1. The molecule has 0 aliphatic carbocycles. The smallest absolute Gasteiger partial charge is 0.326 e. The molecule has 34 heavy (non-hydrogen) atoms. The summed E-state index contributed by atoms with van der Waals surface area (Å²) in [6, 6.07) is -5.20. The third-order valence-electron chi connectivity index (χ3n) is 4.66. The maximum absolute atomic E-state index is 12.7. The van der Waals surface area contributed by atoms with Crippen LogP contribution in [0.1, 0.15) is 25.0 Å². The molecule has 0 fully saturated rings. The molecule has 1 aromatic heterocycles. The molecule has 1 rings (SSSR count). The number of amides is 3. The van der Waals surface area contributed by atoms with Crippen molar-refractivity contribution >= 4 is 41.4 Å². The molecule has 0 aliphatic heterocycles. The number of aromatic amines is 1. The van der Waals surface area contributed by atoms with Gasteiger partial charge >= 0.3 is 11.9 Å². The molecular formula is C19H30N6O8S. The Morgan fingerprint density at radius 1 is 1.03 bits per heavy atom. The number of rotatable bonds is 16. The first kappa shape index (κ1) is 28.9. The average molecular weight is 503 g/mol. The van der Waals surface area contributed by atoms with E-state index in [1.165, 1.54) is 24.3 Å². The van der Waals surface area contributed by atoms with Crippen molar-refractivity contribution in [1.82, 2.24) is 25.9 Å². The highest BCUT2D eigenvalue weighted by Crippen LogP contribution is 2.04. The zero-order chi connectivity index (χ0) is 25.7. The summed E-state index contributed by atoms with van der Waals surface area (Å²) < 4.78 is 0. The zero-order valence-corrected chi connectivity index (χ0v) is 19.3. The summed E-state index contributed by atoms with van der Waals surface area (Å²) in [6.07, 6.45) is 4.00. The number of carbonyl (C=O) groups excluding carboxylic acids is 3. The van der Waals surface area contributed by atoms with Crippen molar-refractivity contribution in [2.75, 3.05) is 18.6 Å². The first-order chi connectivity index (χ1) is 16.1. The molecule has 4 atom stereocenters. The number of carbonyl (C=O) groups is 5. The molecule has 15 heteroatoms. The van der Waals surface area contributed by atoms with Crippen LogP contribution in [-0.2, 0) is 30.4 Å². The van der Waals surface area contributed by atoms with Crippen LogP contribution in [0.5, 0.6) is 0 Å². The Morgan fingerprint density at radius 2 is 1.65 bits per heavy atom. The molecule has 1 heterocycles. The number of nitrogens with zero attached hydrogens (tertiary/aromatic N) is 1. The van der Waals surface area contributed by atoms with Gasteiger partial charge in [0, 0.05) is 24.7 Å². The van der Waals surface area contributed by atoms with Crippen molar-refractivity contribution in [2.45, 2.75) is 49.9 Å². The van der Waals surface area contributed by atoms with Crippen LogP contribution in [0.25, 0.3) is 0 Å². The van der Waals surface area contributed by atoms with Gasteiger partial charge in [-0.2, -0.15) is 11.8 Å². The van der Waals surface area contributed by atoms with Gasteiger partial charge in [-0.1, -0.05) is 0 Å². The Balaban J connectivity index is 2.84. The monoisotopic (exact) mass is 502 g/mol. The third-order valence-corrected chi connectivity index (χ3v) is 5.30. The lowest BCUT2D eigenvalue weighted by Crippen LogP contribution is -2.58. The lowest BCUT2D eigenvalue weighted by atomic mass is 10.1. The Labute approximate surface area is 199 Å². The highest BCUT2D eigenvalue weighted by molar-refractivity contribution is 7.98. The molecule has 0 aromatic carbocycles. The van der Waals surface area contributed by atoms with E-state index in [2.05, 4.69) is 25.9 Å². The average Bonchev–Trinajstić information content (AvgIpc) is 3.30. The molecule has 0 aliphatic rings.